The van der Waals surface area contributed by atoms with Crippen LogP contribution in [0.25, 0.3) is 0 Å². The van der Waals surface area contributed by atoms with E-state index in [4.69, 9.17) is 11.6 Å². The fourth-order valence-electron chi connectivity index (χ4n) is 3.47. The van der Waals surface area contributed by atoms with Gasteiger partial charge in [0.05, 0.1) is 5.41 Å². The van der Waals surface area contributed by atoms with Gasteiger partial charge in [-0.25, -0.2) is 0 Å². The number of benzene rings is 1. The molecule has 2 rings (SSSR count). The highest BCUT2D eigenvalue weighted by Crippen LogP contribution is 2.33. The Morgan fingerprint density at radius 1 is 1.32 bits per heavy atom. The van der Waals surface area contributed by atoms with E-state index in [-0.39, 0.29) is 11.9 Å². The molecule has 1 aromatic carbocycles. The molecule has 2 atom stereocenters. The number of hydrogen-bond donors (Lipinski definition) is 2. The minimum Gasteiger partial charge on any atom is -0.352 e. The summed E-state index contributed by atoms with van der Waals surface area (Å²) < 4.78 is 0. The lowest BCUT2D eigenvalue weighted by Gasteiger charge is -2.35. The largest absolute Gasteiger partial charge is 0.352 e. The first-order chi connectivity index (χ1) is 10.5. The van der Waals surface area contributed by atoms with Crippen LogP contribution < -0.4 is 10.6 Å². The molecule has 0 saturated carbocycles. The molecule has 1 heterocycles. The van der Waals surface area contributed by atoms with E-state index in [0.29, 0.717) is 11.1 Å². The van der Waals surface area contributed by atoms with Gasteiger partial charge in [0.25, 0.3) is 0 Å². The van der Waals surface area contributed by atoms with E-state index >= 15 is 0 Å². The molecule has 1 aromatic rings. The Kier molecular flexibility index (Phi) is 5.87. The van der Waals surface area contributed by atoms with E-state index in [9.17, 15) is 4.79 Å². The van der Waals surface area contributed by atoms with Crippen molar-refractivity contribution < 1.29 is 4.79 Å². The Bertz CT molecular complexity index is 496. The molecule has 1 fully saturated rings. The van der Waals surface area contributed by atoms with E-state index in [2.05, 4.69) is 31.4 Å². The smallest absolute Gasteiger partial charge is 0.230 e. The van der Waals surface area contributed by atoms with Gasteiger partial charge in [0.2, 0.25) is 5.91 Å². The molecule has 22 heavy (non-hydrogen) atoms. The third-order valence-electron chi connectivity index (χ3n) is 5.00. The zero-order valence-electron chi connectivity index (χ0n) is 13.8. The van der Waals surface area contributed by atoms with Crippen LogP contribution in [0.1, 0.15) is 52.0 Å². The van der Waals surface area contributed by atoms with Gasteiger partial charge in [0.15, 0.2) is 0 Å². The molecule has 4 heteroatoms. The predicted molar refractivity (Wildman–Crippen MR) is 92.3 cm³/mol. The fraction of sp³-hybridized carbons (Fsp3) is 0.611. The number of carbonyl (C=O) groups excluding carboxylic acids is 1. The number of amides is 1. The highest BCUT2D eigenvalue weighted by molar-refractivity contribution is 6.30. The normalized spacial score (nSPS) is 22.4. The van der Waals surface area contributed by atoms with Crippen molar-refractivity contribution in [3.8, 4) is 0 Å². The first-order valence-corrected chi connectivity index (χ1v) is 8.70. The summed E-state index contributed by atoms with van der Waals surface area (Å²) in [4.78, 5) is 13.0. The molecule has 1 amide bonds. The van der Waals surface area contributed by atoms with Crippen molar-refractivity contribution in [3.05, 3.63) is 34.9 Å². The van der Waals surface area contributed by atoms with Crippen molar-refractivity contribution in [1.29, 1.82) is 0 Å². The van der Waals surface area contributed by atoms with Gasteiger partial charge in [-0.3, -0.25) is 4.79 Å². The summed E-state index contributed by atoms with van der Waals surface area (Å²) >= 11 is 5.99. The maximum atomic E-state index is 13.0. The zero-order chi connectivity index (χ0) is 16.2. The van der Waals surface area contributed by atoms with Crippen molar-refractivity contribution in [1.82, 2.24) is 10.6 Å². The maximum Gasteiger partial charge on any atom is 0.230 e. The molecule has 2 N–H and O–H groups in total. The van der Waals surface area contributed by atoms with E-state index in [1.807, 2.05) is 24.3 Å². The van der Waals surface area contributed by atoms with Crippen LogP contribution in [0.4, 0.5) is 0 Å². The Labute approximate surface area is 138 Å². The molecule has 0 radical (unpaired) electrons. The summed E-state index contributed by atoms with van der Waals surface area (Å²) in [5.74, 6) is 0.152. The van der Waals surface area contributed by atoms with Crippen LogP contribution in [0.3, 0.4) is 0 Å². The summed E-state index contributed by atoms with van der Waals surface area (Å²) in [6, 6.07) is 8.45. The summed E-state index contributed by atoms with van der Waals surface area (Å²) in [5, 5.41) is 7.42. The summed E-state index contributed by atoms with van der Waals surface area (Å²) in [6.07, 6.45) is 3.57. The van der Waals surface area contributed by atoms with Crippen LogP contribution in [0.2, 0.25) is 5.02 Å². The van der Waals surface area contributed by atoms with Crippen LogP contribution in [0, 0.1) is 0 Å². The topological polar surface area (TPSA) is 41.1 Å². The first-order valence-electron chi connectivity index (χ1n) is 8.32. The van der Waals surface area contributed by atoms with Crippen LogP contribution in [-0.2, 0) is 10.2 Å². The van der Waals surface area contributed by atoms with Crippen molar-refractivity contribution >= 4 is 17.5 Å². The van der Waals surface area contributed by atoms with E-state index in [1.54, 1.807) is 0 Å². The number of piperidine rings is 1. The minimum absolute atomic E-state index is 0.152. The fourth-order valence-corrected chi connectivity index (χ4v) is 3.59. The van der Waals surface area contributed by atoms with E-state index in [0.717, 1.165) is 37.8 Å². The lowest BCUT2D eigenvalue weighted by atomic mass is 9.74. The minimum atomic E-state index is -0.460. The predicted octanol–water partition coefficient (Wildman–Crippen LogP) is 3.65. The monoisotopic (exact) mass is 322 g/mol. The van der Waals surface area contributed by atoms with E-state index in [1.165, 1.54) is 0 Å². The average Bonchev–Trinajstić information content (AvgIpc) is 2.51. The Morgan fingerprint density at radius 2 is 1.95 bits per heavy atom. The zero-order valence-corrected chi connectivity index (χ0v) is 14.5. The van der Waals surface area contributed by atoms with Crippen molar-refractivity contribution in [3.63, 3.8) is 0 Å². The molecule has 0 spiro atoms. The molecule has 0 bridgehead atoms. The first kappa shape index (κ1) is 17.3. The molecule has 1 aliphatic rings. The summed E-state index contributed by atoms with van der Waals surface area (Å²) in [7, 11) is 0. The number of rotatable bonds is 5. The van der Waals surface area contributed by atoms with Gasteiger partial charge in [-0.05, 0) is 56.8 Å². The molecule has 1 aliphatic heterocycles. The van der Waals surface area contributed by atoms with E-state index < -0.39 is 5.41 Å². The molecule has 2 unspecified atom stereocenters. The second-order valence-electron chi connectivity index (χ2n) is 6.35. The maximum absolute atomic E-state index is 13.0. The highest BCUT2D eigenvalue weighted by Gasteiger charge is 2.38. The van der Waals surface area contributed by atoms with Gasteiger partial charge in [0.1, 0.15) is 0 Å². The molecule has 1 saturated heterocycles. The third kappa shape index (κ3) is 3.64. The second kappa shape index (κ2) is 7.47. The Balaban J connectivity index is 2.18. The van der Waals surface area contributed by atoms with Gasteiger partial charge in [-0.2, -0.15) is 0 Å². The SMILES string of the molecule is CCC(CC)(C(=O)NC1CCNC(C)C1)c1ccc(Cl)cc1. The highest BCUT2D eigenvalue weighted by atomic mass is 35.5. The standard InChI is InChI=1S/C18H27ClN2O/c1-4-18(5-2,14-6-8-15(19)9-7-14)17(22)21-16-10-11-20-13(3)12-16/h6-9,13,16,20H,4-5,10-12H2,1-3H3,(H,21,22). The third-order valence-corrected chi connectivity index (χ3v) is 5.25. The lowest BCUT2D eigenvalue weighted by Crippen LogP contribution is -2.52. The molecule has 0 aliphatic carbocycles. The van der Waals surface area contributed by atoms with Gasteiger partial charge in [0, 0.05) is 17.1 Å². The summed E-state index contributed by atoms with van der Waals surface area (Å²) in [6.45, 7) is 7.31. The Hall–Kier alpha value is -1.06. The summed E-state index contributed by atoms with van der Waals surface area (Å²) in [5.41, 5.74) is 0.597. The molecule has 0 aromatic heterocycles. The number of nitrogens with one attached hydrogen (secondary N) is 2. The van der Waals surface area contributed by atoms with Gasteiger partial charge in [-0.1, -0.05) is 37.6 Å². The number of carbonyl (C=O) groups is 1. The van der Waals surface area contributed by atoms with Crippen LogP contribution in [-0.4, -0.2) is 24.5 Å². The van der Waals surface area contributed by atoms with Crippen LogP contribution in [0.5, 0.6) is 0 Å². The van der Waals surface area contributed by atoms with Crippen molar-refractivity contribution in [2.75, 3.05) is 6.54 Å². The molecule has 3 nitrogen and oxygen atoms in total. The van der Waals surface area contributed by atoms with Gasteiger partial charge < -0.3 is 10.6 Å². The van der Waals surface area contributed by atoms with Crippen molar-refractivity contribution in [2.45, 2.75) is 64.0 Å². The average molecular weight is 323 g/mol. The van der Waals surface area contributed by atoms with Crippen LogP contribution in [0.15, 0.2) is 24.3 Å². The quantitative estimate of drug-likeness (QED) is 0.868. The second-order valence-corrected chi connectivity index (χ2v) is 6.78. The van der Waals surface area contributed by atoms with Crippen molar-refractivity contribution in [2.24, 2.45) is 0 Å². The van der Waals surface area contributed by atoms with Gasteiger partial charge in [-0.15, -0.1) is 0 Å². The number of hydrogen-bond acceptors (Lipinski definition) is 2. The lowest BCUT2D eigenvalue weighted by molar-refractivity contribution is -0.128. The molecular weight excluding hydrogens is 296 g/mol. The molecule has 122 valence electrons. The number of halogens is 1. The molecular formula is C18H27ClN2O. The van der Waals surface area contributed by atoms with Crippen LogP contribution >= 0.6 is 11.6 Å². The van der Waals surface area contributed by atoms with Gasteiger partial charge >= 0.3 is 0 Å². The Morgan fingerprint density at radius 3 is 2.50 bits per heavy atom.